The number of benzene rings is 1. The van der Waals surface area contributed by atoms with Crippen molar-refractivity contribution in [3.63, 3.8) is 0 Å². The molecule has 0 spiro atoms. The molecule has 1 heterocycles. The lowest BCUT2D eigenvalue weighted by atomic mass is 10.0. The number of nitrogens with one attached hydrogen (secondary N) is 1. The van der Waals surface area contributed by atoms with Gasteiger partial charge in [0.2, 0.25) is 0 Å². The van der Waals surface area contributed by atoms with Crippen LogP contribution < -0.4 is 5.32 Å². The number of aryl methyl sites for hydroxylation is 1. The van der Waals surface area contributed by atoms with Gasteiger partial charge in [-0.1, -0.05) is 17.5 Å². The van der Waals surface area contributed by atoms with Crippen molar-refractivity contribution in [2.24, 2.45) is 0 Å². The molecule has 0 aliphatic carbocycles. The molecule has 0 saturated carbocycles. The van der Waals surface area contributed by atoms with E-state index in [1.54, 1.807) is 6.07 Å². The summed E-state index contributed by atoms with van der Waals surface area (Å²) in [5.41, 5.74) is 1.70. The Labute approximate surface area is 114 Å². The summed E-state index contributed by atoms with van der Waals surface area (Å²) in [5, 5.41) is 7.25. The predicted octanol–water partition coefficient (Wildman–Crippen LogP) is 2.88. The van der Waals surface area contributed by atoms with Crippen LogP contribution in [0.25, 0.3) is 0 Å². The minimum Gasteiger partial charge on any atom is -0.312 e. The monoisotopic (exact) mass is 283 g/mol. The highest BCUT2D eigenvalue weighted by Crippen LogP contribution is 2.24. The molecule has 19 heavy (non-hydrogen) atoms. The second-order valence-electron chi connectivity index (χ2n) is 4.23. The molecule has 0 aliphatic heterocycles. The Morgan fingerprint density at radius 3 is 2.74 bits per heavy atom. The van der Waals surface area contributed by atoms with Gasteiger partial charge in [0.15, 0.2) is 11.6 Å². The Bertz CT molecular complexity index is 557. The predicted molar refractivity (Wildman–Crippen MR) is 71.1 cm³/mol. The Hall–Kier alpha value is -1.40. The first-order chi connectivity index (χ1) is 9.15. The van der Waals surface area contributed by atoms with Crippen LogP contribution in [0.1, 0.15) is 29.1 Å². The first-order valence-corrected chi connectivity index (χ1v) is 6.85. The van der Waals surface area contributed by atoms with Crippen LogP contribution in [0, 0.1) is 11.6 Å². The van der Waals surface area contributed by atoms with Crippen molar-refractivity contribution in [1.29, 1.82) is 0 Å². The zero-order chi connectivity index (χ0) is 13.8. The van der Waals surface area contributed by atoms with Gasteiger partial charge in [-0.2, -0.15) is 0 Å². The standard InChI is InChI=1S/C13H15F2N3S/c1-3-11-13(19-18-17-11)12(16-2)7-8-4-5-9(14)10(15)6-8/h4-6,12,16H,3,7H2,1-2H3. The first kappa shape index (κ1) is 14.0. The average molecular weight is 283 g/mol. The second-order valence-corrected chi connectivity index (χ2v) is 5.02. The van der Waals surface area contributed by atoms with Crippen molar-refractivity contribution in [2.45, 2.75) is 25.8 Å². The average Bonchev–Trinajstić information content (AvgIpc) is 2.88. The minimum absolute atomic E-state index is 0.0137. The quantitative estimate of drug-likeness (QED) is 0.917. The molecule has 1 atom stereocenters. The van der Waals surface area contributed by atoms with Crippen LogP contribution in [-0.2, 0) is 12.8 Å². The summed E-state index contributed by atoms with van der Waals surface area (Å²) in [6, 6.07) is 4.01. The maximum Gasteiger partial charge on any atom is 0.159 e. The smallest absolute Gasteiger partial charge is 0.159 e. The Morgan fingerprint density at radius 2 is 2.11 bits per heavy atom. The third kappa shape index (κ3) is 3.13. The summed E-state index contributed by atoms with van der Waals surface area (Å²) in [5.74, 6) is -1.64. The molecule has 1 aromatic heterocycles. The number of rotatable bonds is 5. The lowest BCUT2D eigenvalue weighted by molar-refractivity contribution is 0.504. The zero-order valence-corrected chi connectivity index (χ0v) is 11.6. The highest BCUT2D eigenvalue weighted by molar-refractivity contribution is 7.05. The normalized spacial score (nSPS) is 12.6. The van der Waals surface area contributed by atoms with Crippen molar-refractivity contribution in [1.82, 2.24) is 14.9 Å². The second kappa shape index (κ2) is 6.16. The molecule has 0 saturated heterocycles. The van der Waals surface area contributed by atoms with Crippen molar-refractivity contribution in [2.75, 3.05) is 7.05 Å². The van der Waals surface area contributed by atoms with Gasteiger partial charge in [-0.05, 0) is 49.1 Å². The number of nitrogens with zero attached hydrogens (tertiary/aromatic N) is 2. The summed E-state index contributed by atoms with van der Waals surface area (Å²) in [6.07, 6.45) is 1.38. The van der Waals surface area contributed by atoms with E-state index in [0.717, 1.165) is 28.6 Å². The van der Waals surface area contributed by atoms with Crippen LogP contribution in [0.2, 0.25) is 0 Å². The topological polar surface area (TPSA) is 37.8 Å². The minimum atomic E-state index is -0.821. The molecule has 6 heteroatoms. The summed E-state index contributed by atoms with van der Waals surface area (Å²) < 4.78 is 30.1. The van der Waals surface area contributed by atoms with E-state index in [9.17, 15) is 8.78 Å². The van der Waals surface area contributed by atoms with E-state index < -0.39 is 11.6 Å². The van der Waals surface area contributed by atoms with Gasteiger partial charge >= 0.3 is 0 Å². The highest BCUT2D eigenvalue weighted by Gasteiger charge is 2.18. The van der Waals surface area contributed by atoms with E-state index in [4.69, 9.17) is 0 Å². The fraction of sp³-hybridized carbons (Fsp3) is 0.385. The molecule has 1 aromatic carbocycles. The van der Waals surface area contributed by atoms with Gasteiger partial charge in [-0.25, -0.2) is 8.78 Å². The third-order valence-electron chi connectivity index (χ3n) is 3.01. The van der Waals surface area contributed by atoms with Crippen molar-refractivity contribution in [3.05, 3.63) is 46.0 Å². The molecule has 0 amide bonds. The van der Waals surface area contributed by atoms with Crippen LogP contribution in [-0.4, -0.2) is 16.6 Å². The molecule has 0 radical (unpaired) electrons. The van der Waals surface area contributed by atoms with E-state index in [1.807, 2.05) is 14.0 Å². The largest absolute Gasteiger partial charge is 0.312 e. The number of likely N-dealkylation sites (N-methyl/N-ethyl adjacent to an activating group) is 1. The van der Waals surface area contributed by atoms with E-state index in [-0.39, 0.29) is 6.04 Å². The van der Waals surface area contributed by atoms with Crippen molar-refractivity contribution >= 4 is 11.5 Å². The molecule has 3 nitrogen and oxygen atoms in total. The van der Waals surface area contributed by atoms with Gasteiger partial charge in [0.05, 0.1) is 10.6 Å². The summed E-state index contributed by atoms with van der Waals surface area (Å²) in [4.78, 5) is 1.05. The number of aromatic nitrogens is 2. The lowest BCUT2D eigenvalue weighted by Gasteiger charge is -2.15. The fourth-order valence-electron chi connectivity index (χ4n) is 1.95. The first-order valence-electron chi connectivity index (χ1n) is 6.08. The SMILES string of the molecule is CCc1nnsc1C(Cc1ccc(F)c(F)c1)NC. The van der Waals surface area contributed by atoms with Crippen LogP contribution in [0.3, 0.4) is 0 Å². The van der Waals surface area contributed by atoms with Crippen LogP contribution in [0.15, 0.2) is 18.2 Å². The number of halogens is 2. The van der Waals surface area contributed by atoms with Gasteiger partial charge in [-0.15, -0.1) is 5.10 Å². The van der Waals surface area contributed by atoms with Crippen LogP contribution >= 0.6 is 11.5 Å². The molecule has 0 bridgehead atoms. The van der Waals surface area contributed by atoms with Gasteiger partial charge < -0.3 is 5.32 Å². The summed E-state index contributed by atoms with van der Waals surface area (Å²) >= 11 is 1.34. The fourth-order valence-corrected chi connectivity index (χ4v) is 2.80. The molecule has 0 fully saturated rings. The molecule has 2 rings (SSSR count). The molecule has 102 valence electrons. The summed E-state index contributed by atoms with van der Waals surface area (Å²) in [6.45, 7) is 2.02. The van der Waals surface area contributed by atoms with Crippen LogP contribution in [0.5, 0.6) is 0 Å². The maximum atomic E-state index is 13.2. The third-order valence-corrected chi connectivity index (χ3v) is 3.89. The molecular weight excluding hydrogens is 268 g/mol. The van der Waals surface area contributed by atoms with E-state index in [0.29, 0.717) is 6.42 Å². The van der Waals surface area contributed by atoms with E-state index in [1.165, 1.54) is 17.6 Å². The highest BCUT2D eigenvalue weighted by atomic mass is 32.1. The molecule has 1 N–H and O–H groups in total. The van der Waals surface area contributed by atoms with Gasteiger partial charge in [0.1, 0.15) is 0 Å². The molecule has 1 unspecified atom stereocenters. The van der Waals surface area contributed by atoms with E-state index >= 15 is 0 Å². The molecular formula is C13H15F2N3S. The Morgan fingerprint density at radius 1 is 1.32 bits per heavy atom. The van der Waals surface area contributed by atoms with Gasteiger partial charge in [0.25, 0.3) is 0 Å². The van der Waals surface area contributed by atoms with Crippen molar-refractivity contribution in [3.8, 4) is 0 Å². The van der Waals surface area contributed by atoms with Crippen LogP contribution in [0.4, 0.5) is 8.78 Å². The van der Waals surface area contributed by atoms with E-state index in [2.05, 4.69) is 14.9 Å². The van der Waals surface area contributed by atoms with Gasteiger partial charge in [-0.3, -0.25) is 0 Å². The number of hydrogen-bond donors (Lipinski definition) is 1. The number of hydrogen-bond acceptors (Lipinski definition) is 4. The Kier molecular flexibility index (Phi) is 4.55. The maximum absolute atomic E-state index is 13.2. The lowest BCUT2D eigenvalue weighted by Crippen LogP contribution is -2.19. The summed E-state index contributed by atoms with van der Waals surface area (Å²) in [7, 11) is 1.84. The van der Waals surface area contributed by atoms with Crippen molar-refractivity contribution < 1.29 is 8.78 Å². The van der Waals surface area contributed by atoms with Gasteiger partial charge in [0, 0.05) is 6.04 Å². The zero-order valence-electron chi connectivity index (χ0n) is 10.8. The molecule has 2 aromatic rings. The Balaban J connectivity index is 2.21. The molecule has 0 aliphatic rings.